The van der Waals surface area contributed by atoms with E-state index in [-0.39, 0.29) is 34.8 Å². The number of anilines is 1. The third kappa shape index (κ3) is 4.95. The lowest BCUT2D eigenvalue weighted by atomic mass is 9.58. The quantitative estimate of drug-likeness (QED) is 0.546. The fraction of sp³-hybridized carbons (Fsp3) is 0.714. The van der Waals surface area contributed by atoms with Crippen LogP contribution in [0.4, 0.5) is 5.69 Å². The van der Waals surface area contributed by atoms with Crippen LogP contribution in [0.2, 0.25) is 5.02 Å². The molecule has 1 aromatic rings. The predicted molar refractivity (Wildman–Crippen MR) is 126 cm³/mol. The molecule has 8 nitrogen and oxygen atoms in total. The number of ether oxygens (including phenoxy) is 2. The number of nitrogens with zero attached hydrogens (tertiary/aromatic N) is 1. The maximum atomic E-state index is 12.6. The van der Waals surface area contributed by atoms with E-state index in [4.69, 9.17) is 21.1 Å². The summed E-state index contributed by atoms with van der Waals surface area (Å²) in [5.41, 5.74) is 0.806. The van der Waals surface area contributed by atoms with Crippen LogP contribution in [0.25, 0.3) is 0 Å². The Bertz CT molecular complexity index is 1010. The van der Waals surface area contributed by atoms with Crippen LogP contribution < -0.4 is 9.62 Å². The number of rotatable bonds is 9. The van der Waals surface area contributed by atoms with E-state index in [1.165, 1.54) is 12.1 Å². The molecule has 1 saturated heterocycles. The Labute approximate surface area is 196 Å². The van der Waals surface area contributed by atoms with E-state index in [1.807, 2.05) is 0 Å². The molecule has 0 amide bonds. The molecule has 0 radical (unpaired) electrons. The summed E-state index contributed by atoms with van der Waals surface area (Å²) in [6.45, 7) is 4.51. The van der Waals surface area contributed by atoms with Crippen LogP contribution >= 0.6 is 11.6 Å². The highest BCUT2D eigenvalue weighted by Crippen LogP contribution is 2.52. The normalized spacial score (nSPS) is 23.5. The third-order valence-corrected chi connectivity index (χ3v) is 10.9. The minimum Gasteiger partial charge on any atom is -0.381 e. The highest BCUT2D eigenvalue weighted by Gasteiger charge is 2.56. The third-order valence-electron chi connectivity index (χ3n) is 6.94. The summed E-state index contributed by atoms with van der Waals surface area (Å²) >= 11 is 6.47. The van der Waals surface area contributed by atoms with Crippen LogP contribution in [-0.4, -0.2) is 73.9 Å². The number of methoxy groups -OCH3 is 2. The van der Waals surface area contributed by atoms with Crippen molar-refractivity contribution in [1.82, 2.24) is 4.72 Å². The molecule has 1 N–H and O–H groups in total. The van der Waals surface area contributed by atoms with Crippen molar-refractivity contribution in [2.45, 2.75) is 55.5 Å². The van der Waals surface area contributed by atoms with Crippen molar-refractivity contribution in [3.63, 3.8) is 0 Å². The number of benzene rings is 1. The Morgan fingerprint density at radius 1 is 1.12 bits per heavy atom. The molecule has 1 saturated carbocycles. The van der Waals surface area contributed by atoms with Gasteiger partial charge in [0.25, 0.3) is 0 Å². The summed E-state index contributed by atoms with van der Waals surface area (Å²) in [5, 5.41) is -0.207. The van der Waals surface area contributed by atoms with Crippen molar-refractivity contribution in [3.05, 3.63) is 23.2 Å². The molecule has 2 fully saturated rings. The van der Waals surface area contributed by atoms with Crippen LogP contribution in [0.1, 0.15) is 33.1 Å². The average Bonchev–Trinajstić information content (AvgIpc) is 2.73. The number of piperidine rings is 1. The van der Waals surface area contributed by atoms with E-state index in [0.29, 0.717) is 5.02 Å². The number of nitrogens with one attached hydrogen (secondary N) is 1. The summed E-state index contributed by atoms with van der Waals surface area (Å²) in [7, 11) is -3.71. The second-order valence-corrected chi connectivity index (χ2v) is 13.7. The van der Waals surface area contributed by atoms with E-state index in [2.05, 4.69) is 9.62 Å². The summed E-state index contributed by atoms with van der Waals surface area (Å²) in [4.78, 5) is 2.17. The van der Waals surface area contributed by atoms with E-state index < -0.39 is 25.1 Å². The van der Waals surface area contributed by atoms with E-state index >= 15 is 0 Å². The Hall–Kier alpha value is -0.910. The first-order valence-corrected chi connectivity index (χ1v) is 14.4. The van der Waals surface area contributed by atoms with Crippen LogP contribution in [0.15, 0.2) is 23.1 Å². The van der Waals surface area contributed by atoms with Gasteiger partial charge in [-0.05, 0) is 44.9 Å². The van der Waals surface area contributed by atoms with Gasteiger partial charge < -0.3 is 14.4 Å². The smallest absolute Gasteiger partial charge is 0.240 e. The van der Waals surface area contributed by atoms with Gasteiger partial charge in [0.2, 0.25) is 10.0 Å². The lowest BCUT2D eigenvalue weighted by molar-refractivity contribution is -0.202. The molecule has 182 valence electrons. The fourth-order valence-corrected chi connectivity index (χ4v) is 7.14. The van der Waals surface area contributed by atoms with Gasteiger partial charge in [-0.1, -0.05) is 11.6 Å². The highest BCUT2D eigenvalue weighted by atomic mass is 35.5. The number of sulfonamides is 1. The maximum absolute atomic E-state index is 12.6. The zero-order chi connectivity index (χ0) is 23.7. The molecule has 2 aliphatic rings. The standard InChI is InChI=1S/C21H33ClN2O6S2/c1-15(2)31(25,26)12-9-23-32(27,28)16-5-6-18(17(22)13-16)24-10-7-21(8-11-24)19(29-3)14-20(21)30-4/h5-6,13,15,19-20,23H,7-12,14H2,1-4H3/t19-,20+. The van der Waals surface area contributed by atoms with Gasteiger partial charge in [0.15, 0.2) is 9.84 Å². The molecule has 3 rings (SSSR count). The first kappa shape index (κ1) is 25.7. The van der Waals surface area contributed by atoms with Gasteiger partial charge in [-0.15, -0.1) is 0 Å². The van der Waals surface area contributed by atoms with Gasteiger partial charge in [-0.25, -0.2) is 21.6 Å². The highest BCUT2D eigenvalue weighted by molar-refractivity contribution is 7.92. The van der Waals surface area contributed by atoms with Gasteiger partial charge in [0.1, 0.15) is 0 Å². The molecule has 1 aromatic carbocycles. The Morgan fingerprint density at radius 2 is 1.72 bits per heavy atom. The molecule has 11 heteroatoms. The Balaban J connectivity index is 1.65. The van der Waals surface area contributed by atoms with Gasteiger partial charge >= 0.3 is 0 Å². The molecule has 0 aromatic heterocycles. The second-order valence-electron chi connectivity index (χ2n) is 8.83. The van der Waals surface area contributed by atoms with Crippen LogP contribution in [-0.2, 0) is 29.3 Å². The molecular weight excluding hydrogens is 476 g/mol. The van der Waals surface area contributed by atoms with Gasteiger partial charge in [-0.2, -0.15) is 0 Å². The molecule has 32 heavy (non-hydrogen) atoms. The molecule has 0 unspecified atom stereocenters. The lowest BCUT2D eigenvalue weighted by Crippen LogP contribution is -2.62. The molecule has 1 aliphatic heterocycles. The minimum atomic E-state index is -3.86. The van der Waals surface area contributed by atoms with E-state index in [0.717, 1.165) is 38.0 Å². The van der Waals surface area contributed by atoms with E-state index in [9.17, 15) is 16.8 Å². The lowest BCUT2D eigenvalue weighted by Gasteiger charge is -2.57. The topological polar surface area (TPSA) is 102 Å². The van der Waals surface area contributed by atoms with E-state index in [1.54, 1.807) is 34.1 Å². The van der Waals surface area contributed by atoms with Crippen molar-refractivity contribution < 1.29 is 26.3 Å². The number of hydrogen-bond donors (Lipinski definition) is 1. The predicted octanol–water partition coefficient (Wildman–Crippen LogP) is 2.46. The molecular formula is C21H33ClN2O6S2. The van der Waals surface area contributed by atoms with Crippen molar-refractivity contribution in [1.29, 1.82) is 0 Å². The van der Waals surface area contributed by atoms with Crippen molar-refractivity contribution >= 4 is 37.1 Å². The molecule has 1 heterocycles. The SMILES string of the molecule is CO[C@H]1C[C@@H](OC)C12CCN(c1ccc(S(=O)(=O)NCCS(=O)(=O)C(C)C)cc1Cl)CC2. The van der Waals surface area contributed by atoms with Crippen LogP contribution in [0.5, 0.6) is 0 Å². The Morgan fingerprint density at radius 3 is 2.22 bits per heavy atom. The number of halogens is 1. The second kappa shape index (κ2) is 9.76. The molecule has 1 spiro atoms. The summed E-state index contributed by atoms with van der Waals surface area (Å²) < 4.78 is 62.7. The van der Waals surface area contributed by atoms with Crippen LogP contribution in [0, 0.1) is 5.41 Å². The van der Waals surface area contributed by atoms with Gasteiger partial charge in [0.05, 0.1) is 38.8 Å². The maximum Gasteiger partial charge on any atom is 0.240 e. The Kier molecular flexibility index (Phi) is 7.84. The largest absolute Gasteiger partial charge is 0.381 e. The first-order chi connectivity index (χ1) is 15.0. The first-order valence-electron chi connectivity index (χ1n) is 10.8. The van der Waals surface area contributed by atoms with Crippen molar-refractivity contribution in [2.75, 3.05) is 44.5 Å². The van der Waals surface area contributed by atoms with Gasteiger partial charge in [-0.3, -0.25) is 0 Å². The summed E-state index contributed by atoms with van der Waals surface area (Å²) in [6.07, 6.45) is 3.12. The van der Waals surface area contributed by atoms with Gasteiger partial charge in [0, 0.05) is 45.7 Å². The zero-order valence-corrected chi connectivity index (χ0v) is 21.4. The monoisotopic (exact) mass is 508 g/mol. The zero-order valence-electron chi connectivity index (χ0n) is 19.0. The number of sulfone groups is 1. The van der Waals surface area contributed by atoms with Crippen LogP contribution in [0.3, 0.4) is 0 Å². The summed E-state index contributed by atoms with van der Waals surface area (Å²) in [6, 6.07) is 4.63. The minimum absolute atomic E-state index is 0.0135. The fourth-order valence-electron chi connectivity index (χ4n) is 4.73. The van der Waals surface area contributed by atoms with Crippen molar-refractivity contribution in [3.8, 4) is 0 Å². The summed E-state index contributed by atoms with van der Waals surface area (Å²) in [5.74, 6) is -0.254. The van der Waals surface area contributed by atoms with Crippen molar-refractivity contribution in [2.24, 2.45) is 5.41 Å². The number of hydrogen-bond acceptors (Lipinski definition) is 7. The molecule has 2 atom stereocenters. The molecule has 0 bridgehead atoms. The average molecular weight is 509 g/mol. The molecule has 1 aliphatic carbocycles.